The van der Waals surface area contributed by atoms with Gasteiger partial charge in [-0.1, -0.05) is 62.2 Å². The van der Waals surface area contributed by atoms with E-state index in [9.17, 15) is 10.2 Å². The minimum atomic E-state index is -1.01. The molecule has 0 saturated heterocycles. The summed E-state index contributed by atoms with van der Waals surface area (Å²) in [6, 6.07) is 9.57. The van der Waals surface area contributed by atoms with Crippen LogP contribution in [0.1, 0.15) is 38.2 Å². The second-order valence-corrected chi connectivity index (χ2v) is 5.23. The summed E-state index contributed by atoms with van der Waals surface area (Å²) in [5, 5.41) is 20.8. The minimum absolute atomic E-state index is 0.189. The third kappa shape index (κ3) is 2.82. The molecular weight excluding hydrogens is 224 g/mol. The Kier molecular flexibility index (Phi) is 4.20. The Morgan fingerprint density at radius 2 is 2.00 bits per heavy atom. The maximum absolute atomic E-state index is 10.6. The Labute approximate surface area is 109 Å². The average molecular weight is 246 g/mol. The lowest BCUT2D eigenvalue weighted by Gasteiger charge is -2.35. The van der Waals surface area contributed by atoms with Crippen LogP contribution < -0.4 is 0 Å². The number of hydrogen-bond donors (Lipinski definition) is 2. The Morgan fingerprint density at radius 3 is 2.61 bits per heavy atom. The normalized spacial score (nSPS) is 31.5. The maximum Gasteiger partial charge on any atom is 0.110 e. The predicted octanol–water partition coefficient (Wildman–Crippen LogP) is 3.00. The lowest BCUT2D eigenvalue weighted by Crippen LogP contribution is -2.36. The SMILES string of the molecule is CCCC[C@H]1C=C[C@](O)(c2ccccc2)C[C@H]1O. The largest absolute Gasteiger partial charge is 0.392 e. The van der Waals surface area contributed by atoms with Gasteiger partial charge >= 0.3 is 0 Å². The van der Waals surface area contributed by atoms with Crippen molar-refractivity contribution in [2.75, 3.05) is 0 Å². The van der Waals surface area contributed by atoms with Gasteiger partial charge in [-0.25, -0.2) is 0 Å². The summed E-state index contributed by atoms with van der Waals surface area (Å²) in [5.74, 6) is 0.189. The van der Waals surface area contributed by atoms with Crippen LogP contribution in [-0.4, -0.2) is 16.3 Å². The van der Waals surface area contributed by atoms with E-state index in [1.54, 1.807) is 0 Å². The van der Waals surface area contributed by atoms with E-state index in [0.29, 0.717) is 6.42 Å². The Balaban J connectivity index is 2.14. The molecule has 0 fully saturated rings. The fourth-order valence-corrected chi connectivity index (χ4v) is 2.62. The van der Waals surface area contributed by atoms with E-state index in [4.69, 9.17) is 0 Å². The first kappa shape index (κ1) is 13.3. The zero-order valence-electron chi connectivity index (χ0n) is 10.9. The summed E-state index contributed by atoms with van der Waals surface area (Å²) in [6.07, 6.45) is 7.04. The summed E-state index contributed by atoms with van der Waals surface area (Å²) in [6.45, 7) is 2.15. The van der Waals surface area contributed by atoms with Crippen LogP contribution in [0.5, 0.6) is 0 Å². The summed E-state index contributed by atoms with van der Waals surface area (Å²) in [5.41, 5.74) is -0.155. The third-order valence-electron chi connectivity index (χ3n) is 3.80. The number of aliphatic hydroxyl groups is 2. The number of aliphatic hydroxyl groups excluding tert-OH is 1. The van der Waals surface area contributed by atoms with Gasteiger partial charge in [0, 0.05) is 12.3 Å². The van der Waals surface area contributed by atoms with Gasteiger partial charge in [0.2, 0.25) is 0 Å². The molecule has 0 amide bonds. The quantitative estimate of drug-likeness (QED) is 0.802. The summed E-state index contributed by atoms with van der Waals surface area (Å²) in [4.78, 5) is 0. The van der Waals surface area contributed by atoms with Crippen molar-refractivity contribution in [3.63, 3.8) is 0 Å². The van der Waals surface area contributed by atoms with Crippen molar-refractivity contribution in [1.82, 2.24) is 0 Å². The fraction of sp³-hybridized carbons (Fsp3) is 0.500. The van der Waals surface area contributed by atoms with Gasteiger partial charge < -0.3 is 10.2 Å². The standard InChI is InChI=1S/C16H22O2/c1-2-3-7-13-10-11-16(18,12-15(13)17)14-8-5-4-6-9-14/h4-6,8-11,13,15,17-18H,2-3,7,12H2,1H3/t13-,15+,16+/m0/s1. The molecule has 3 atom stereocenters. The Bertz CT molecular complexity index is 399. The molecule has 0 unspecified atom stereocenters. The molecule has 0 bridgehead atoms. The van der Waals surface area contributed by atoms with Crippen LogP contribution in [0.2, 0.25) is 0 Å². The lowest BCUT2D eigenvalue weighted by molar-refractivity contribution is -0.00509. The van der Waals surface area contributed by atoms with Crippen molar-refractivity contribution in [3.8, 4) is 0 Å². The van der Waals surface area contributed by atoms with Crippen molar-refractivity contribution < 1.29 is 10.2 Å². The highest BCUT2D eigenvalue weighted by Crippen LogP contribution is 2.36. The number of unbranched alkanes of at least 4 members (excludes halogenated alkanes) is 1. The summed E-state index contributed by atoms with van der Waals surface area (Å²) in [7, 11) is 0. The van der Waals surface area contributed by atoms with Gasteiger partial charge in [0.05, 0.1) is 6.10 Å². The Morgan fingerprint density at radius 1 is 1.28 bits per heavy atom. The third-order valence-corrected chi connectivity index (χ3v) is 3.80. The van der Waals surface area contributed by atoms with Crippen LogP contribution in [0.3, 0.4) is 0 Å². The summed E-state index contributed by atoms with van der Waals surface area (Å²) >= 11 is 0. The smallest absolute Gasteiger partial charge is 0.110 e. The number of hydrogen-bond acceptors (Lipinski definition) is 2. The monoisotopic (exact) mass is 246 g/mol. The van der Waals surface area contributed by atoms with E-state index in [1.807, 2.05) is 42.5 Å². The second kappa shape index (κ2) is 5.68. The van der Waals surface area contributed by atoms with Gasteiger partial charge in [-0.15, -0.1) is 0 Å². The van der Waals surface area contributed by atoms with Gasteiger partial charge in [0.1, 0.15) is 5.60 Å². The van der Waals surface area contributed by atoms with Crippen LogP contribution in [0, 0.1) is 5.92 Å². The highest BCUT2D eigenvalue weighted by molar-refractivity contribution is 5.29. The van der Waals surface area contributed by atoms with Gasteiger partial charge in [-0.2, -0.15) is 0 Å². The molecule has 0 spiro atoms. The molecule has 2 N–H and O–H groups in total. The molecule has 1 aliphatic carbocycles. The summed E-state index contributed by atoms with van der Waals surface area (Å²) < 4.78 is 0. The van der Waals surface area contributed by atoms with Gasteiger partial charge in [0.25, 0.3) is 0 Å². The Hall–Kier alpha value is -1.12. The maximum atomic E-state index is 10.6. The zero-order valence-corrected chi connectivity index (χ0v) is 10.9. The molecule has 2 rings (SSSR count). The molecule has 2 nitrogen and oxygen atoms in total. The molecule has 2 heteroatoms. The van der Waals surface area contributed by atoms with Gasteiger partial charge in [-0.05, 0) is 12.0 Å². The molecule has 0 aliphatic heterocycles. The first-order chi connectivity index (χ1) is 8.65. The van der Waals surface area contributed by atoms with Crippen molar-refractivity contribution in [2.45, 2.75) is 44.3 Å². The van der Waals surface area contributed by atoms with Gasteiger partial charge in [-0.3, -0.25) is 0 Å². The molecule has 0 heterocycles. The molecule has 98 valence electrons. The zero-order chi connectivity index (χ0) is 13.0. The average Bonchev–Trinajstić information content (AvgIpc) is 2.39. The lowest BCUT2D eigenvalue weighted by atomic mass is 9.77. The fourth-order valence-electron chi connectivity index (χ4n) is 2.62. The first-order valence-corrected chi connectivity index (χ1v) is 6.81. The highest BCUT2D eigenvalue weighted by Gasteiger charge is 2.35. The van der Waals surface area contributed by atoms with E-state index in [2.05, 4.69) is 6.92 Å². The van der Waals surface area contributed by atoms with Crippen LogP contribution in [0.15, 0.2) is 42.5 Å². The molecule has 1 aromatic carbocycles. The minimum Gasteiger partial charge on any atom is -0.392 e. The number of benzene rings is 1. The van der Waals surface area contributed by atoms with E-state index in [-0.39, 0.29) is 5.92 Å². The molecule has 1 aromatic rings. The number of rotatable bonds is 4. The topological polar surface area (TPSA) is 40.5 Å². The van der Waals surface area contributed by atoms with E-state index in [0.717, 1.165) is 24.8 Å². The highest BCUT2D eigenvalue weighted by atomic mass is 16.3. The molecule has 0 radical (unpaired) electrons. The second-order valence-electron chi connectivity index (χ2n) is 5.23. The molecule has 18 heavy (non-hydrogen) atoms. The van der Waals surface area contributed by atoms with Crippen molar-refractivity contribution in [2.24, 2.45) is 5.92 Å². The van der Waals surface area contributed by atoms with E-state index in [1.165, 1.54) is 0 Å². The van der Waals surface area contributed by atoms with Gasteiger partial charge in [0.15, 0.2) is 0 Å². The van der Waals surface area contributed by atoms with Crippen LogP contribution in [0.4, 0.5) is 0 Å². The molecule has 0 saturated carbocycles. The molecule has 1 aliphatic rings. The van der Waals surface area contributed by atoms with Crippen molar-refractivity contribution in [3.05, 3.63) is 48.0 Å². The van der Waals surface area contributed by atoms with Crippen LogP contribution in [0.25, 0.3) is 0 Å². The predicted molar refractivity (Wildman–Crippen MR) is 73.1 cm³/mol. The van der Waals surface area contributed by atoms with E-state index < -0.39 is 11.7 Å². The van der Waals surface area contributed by atoms with Crippen molar-refractivity contribution in [1.29, 1.82) is 0 Å². The van der Waals surface area contributed by atoms with Crippen molar-refractivity contribution >= 4 is 0 Å². The molecule has 0 aromatic heterocycles. The van der Waals surface area contributed by atoms with Crippen LogP contribution in [-0.2, 0) is 5.60 Å². The molecular formula is C16H22O2. The van der Waals surface area contributed by atoms with E-state index >= 15 is 0 Å². The first-order valence-electron chi connectivity index (χ1n) is 6.81. The van der Waals surface area contributed by atoms with Crippen LogP contribution >= 0.6 is 0 Å².